The van der Waals surface area contributed by atoms with Crippen LogP contribution in [-0.2, 0) is 14.3 Å². The van der Waals surface area contributed by atoms with E-state index in [-0.39, 0.29) is 36.6 Å². The molecule has 1 aromatic heterocycles. The van der Waals surface area contributed by atoms with Crippen molar-refractivity contribution in [3.05, 3.63) is 24.0 Å². The standard InChI is InChI=1S/C29H43N5O6/c1-18(2)34(17-19-10-12-33(13-11-19)28(38)40-29(3,4)5)20-14-22(15-20)39-21-6-7-23(30-16-21)26(36)31-24-8-9-25(35)32-27(24)37/h6-7,16,18-20,22,24H,8-15,17H2,1-5H3,(H,31,36)(H,32,35,37). The van der Waals surface area contributed by atoms with Crippen molar-refractivity contribution in [3.63, 3.8) is 0 Å². The topological polar surface area (TPSA) is 130 Å². The van der Waals surface area contributed by atoms with Gasteiger partial charge in [-0.3, -0.25) is 24.6 Å². The zero-order valence-electron chi connectivity index (χ0n) is 24.3. The molecule has 40 heavy (non-hydrogen) atoms. The van der Waals surface area contributed by atoms with Crippen LogP contribution in [0, 0.1) is 5.92 Å². The molecule has 0 radical (unpaired) electrons. The van der Waals surface area contributed by atoms with Crippen molar-refractivity contribution < 1.29 is 28.7 Å². The van der Waals surface area contributed by atoms with Gasteiger partial charge in [0.2, 0.25) is 11.8 Å². The number of aromatic nitrogens is 1. The normalized spacial score (nSPS) is 24.0. The van der Waals surface area contributed by atoms with Gasteiger partial charge in [-0.05, 0) is 71.9 Å². The Kier molecular flexibility index (Phi) is 9.33. The third kappa shape index (κ3) is 7.93. The summed E-state index contributed by atoms with van der Waals surface area (Å²) in [7, 11) is 0. The maximum absolute atomic E-state index is 12.5. The Morgan fingerprint density at radius 1 is 1.15 bits per heavy atom. The number of hydrogen-bond donors (Lipinski definition) is 2. The summed E-state index contributed by atoms with van der Waals surface area (Å²) < 4.78 is 11.6. The number of ether oxygens (including phenoxy) is 2. The smallest absolute Gasteiger partial charge is 0.410 e. The molecule has 4 amide bonds. The monoisotopic (exact) mass is 557 g/mol. The molecule has 0 aromatic carbocycles. The number of carbonyl (C=O) groups excluding carboxylic acids is 4. The van der Waals surface area contributed by atoms with E-state index in [1.807, 2.05) is 25.7 Å². The van der Waals surface area contributed by atoms with Gasteiger partial charge in [0.1, 0.15) is 29.2 Å². The first-order chi connectivity index (χ1) is 18.9. The third-order valence-corrected chi connectivity index (χ3v) is 7.75. The second-order valence-electron chi connectivity index (χ2n) is 12.4. The number of piperidine rings is 2. The van der Waals surface area contributed by atoms with Gasteiger partial charge >= 0.3 is 6.09 Å². The zero-order valence-corrected chi connectivity index (χ0v) is 24.3. The van der Waals surface area contributed by atoms with Gasteiger partial charge < -0.3 is 19.7 Å². The Morgan fingerprint density at radius 3 is 2.42 bits per heavy atom. The Labute approximate surface area is 236 Å². The number of hydrogen-bond acceptors (Lipinski definition) is 8. The maximum atomic E-state index is 12.5. The second-order valence-corrected chi connectivity index (χ2v) is 12.4. The highest BCUT2D eigenvalue weighted by atomic mass is 16.6. The lowest BCUT2D eigenvalue weighted by Crippen LogP contribution is -2.54. The van der Waals surface area contributed by atoms with E-state index in [0.29, 0.717) is 23.8 Å². The lowest BCUT2D eigenvalue weighted by Gasteiger charge is -2.46. The highest BCUT2D eigenvalue weighted by molar-refractivity contribution is 6.03. The van der Waals surface area contributed by atoms with Crippen molar-refractivity contribution in [2.45, 2.75) is 103 Å². The zero-order chi connectivity index (χ0) is 29.0. The van der Waals surface area contributed by atoms with Crippen molar-refractivity contribution in [3.8, 4) is 5.75 Å². The number of amides is 4. The van der Waals surface area contributed by atoms with Crippen molar-refractivity contribution in [2.24, 2.45) is 5.92 Å². The highest BCUT2D eigenvalue weighted by Gasteiger charge is 2.38. The molecule has 2 aliphatic heterocycles. The molecule has 220 valence electrons. The quantitative estimate of drug-likeness (QED) is 0.467. The first-order valence-electron chi connectivity index (χ1n) is 14.4. The molecule has 3 aliphatic rings. The number of likely N-dealkylation sites (tertiary alicyclic amines) is 1. The predicted molar refractivity (Wildman–Crippen MR) is 148 cm³/mol. The van der Waals surface area contributed by atoms with E-state index in [4.69, 9.17) is 9.47 Å². The summed E-state index contributed by atoms with van der Waals surface area (Å²) in [5, 5.41) is 4.86. The minimum absolute atomic E-state index is 0.0882. The van der Waals surface area contributed by atoms with E-state index in [0.717, 1.165) is 45.3 Å². The summed E-state index contributed by atoms with van der Waals surface area (Å²) in [4.78, 5) is 56.6. The van der Waals surface area contributed by atoms with Crippen LogP contribution in [-0.4, -0.2) is 88.1 Å². The second kappa shape index (κ2) is 12.5. The van der Waals surface area contributed by atoms with E-state index in [1.54, 1.807) is 12.1 Å². The Balaban J connectivity index is 1.20. The van der Waals surface area contributed by atoms with Gasteiger partial charge in [-0.15, -0.1) is 0 Å². The van der Waals surface area contributed by atoms with E-state index in [1.165, 1.54) is 6.20 Å². The molecule has 0 bridgehead atoms. The van der Waals surface area contributed by atoms with Crippen LogP contribution in [0.1, 0.15) is 83.6 Å². The van der Waals surface area contributed by atoms with Crippen LogP contribution in [0.5, 0.6) is 5.75 Å². The highest BCUT2D eigenvalue weighted by Crippen LogP contribution is 2.33. The molecule has 0 spiro atoms. The summed E-state index contributed by atoms with van der Waals surface area (Å²) in [5.74, 6) is -0.138. The van der Waals surface area contributed by atoms with Gasteiger partial charge in [0.05, 0.1) is 6.20 Å². The number of nitrogens with one attached hydrogen (secondary N) is 2. The van der Waals surface area contributed by atoms with Gasteiger partial charge in [-0.2, -0.15) is 0 Å². The number of pyridine rings is 1. The minimum Gasteiger partial charge on any atom is -0.489 e. The molecule has 11 heteroatoms. The van der Waals surface area contributed by atoms with Crippen LogP contribution in [0.3, 0.4) is 0 Å². The van der Waals surface area contributed by atoms with Gasteiger partial charge in [0.25, 0.3) is 5.91 Å². The first-order valence-corrected chi connectivity index (χ1v) is 14.4. The Morgan fingerprint density at radius 2 is 1.85 bits per heavy atom. The molecule has 1 aliphatic carbocycles. The first kappa shape index (κ1) is 29.8. The molecular formula is C29H43N5O6. The summed E-state index contributed by atoms with van der Waals surface area (Å²) in [6.45, 7) is 12.6. The average molecular weight is 558 g/mol. The van der Waals surface area contributed by atoms with Crippen molar-refractivity contribution in [2.75, 3.05) is 19.6 Å². The van der Waals surface area contributed by atoms with E-state index < -0.39 is 23.5 Å². The third-order valence-electron chi connectivity index (χ3n) is 7.75. The van der Waals surface area contributed by atoms with Crippen LogP contribution in [0.4, 0.5) is 4.79 Å². The van der Waals surface area contributed by atoms with Crippen LogP contribution < -0.4 is 15.4 Å². The van der Waals surface area contributed by atoms with Crippen LogP contribution in [0.2, 0.25) is 0 Å². The van der Waals surface area contributed by atoms with Crippen LogP contribution in [0.15, 0.2) is 18.3 Å². The fourth-order valence-corrected chi connectivity index (χ4v) is 5.45. The molecular weight excluding hydrogens is 514 g/mol. The van der Waals surface area contributed by atoms with Crippen molar-refractivity contribution >= 4 is 23.8 Å². The molecule has 4 rings (SSSR count). The molecule has 2 N–H and O–H groups in total. The summed E-state index contributed by atoms with van der Waals surface area (Å²) >= 11 is 0. The Bertz CT molecular complexity index is 1070. The summed E-state index contributed by atoms with van der Waals surface area (Å²) in [6.07, 6.45) is 5.67. The summed E-state index contributed by atoms with van der Waals surface area (Å²) in [5.41, 5.74) is -0.289. The molecule has 1 saturated carbocycles. The predicted octanol–water partition coefficient (Wildman–Crippen LogP) is 2.88. The average Bonchev–Trinajstić information content (AvgIpc) is 2.86. The summed E-state index contributed by atoms with van der Waals surface area (Å²) in [6, 6.07) is 3.42. The lowest BCUT2D eigenvalue weighted by molar-refractivity contribution is -0.134. The number of nitrogens with zero attached hydrogens (tertiary/aromatic N) is 3. The van der Waals surface area contributed by atoms with Gasteiger partial charge in [0.15, 0.2) is 0 Å². The van der Waals surface area contributed by atoms with E-state index >= 15 is 0 Å². The van der Waals surface area contributed by atoms with Crippen molar-refractivity contribution in [1.82, 2.24) is 25.4 Å². The van der Waals surface area contributed by atoms with Gasteiger partial charge in [0, 0.05) is 51.0 Å². The van der Waals surface area contributed by atoms with Crippen LogP contribution in [0.25, 0.3) is 0 Å². The molecule has 1 aromatic rings. The van der Waals surface area contributed by atoms with Crippen LogP contribution >= 0.6 is 0 Å². The number of rotatable bonds is 8. The molecule has 1 unspecified atom stereocenters. The SMILES string of the molecule is CC(C)N(CC1CCN(C(=O)OC(C)(C)C)CC1)C1CC(Oc2ccc(C(=O)NC3CCC(=O)NC3=O)nc2)C1. The van der Waals surface area contributed by atoms with Gasteiger partial charge in [-0.25, -0.2) is 9.78 Å². The largest absolute Gasteiger partial charge is 0.489 e. The number of carbonyl (C=O) groups is 4. The van der Waals surface area contributed by atoms with Gasteiger partial charge in [-0.1, -0.05) is 0 Å². The molecule has 3 fully saturated rings. The molecule has 11 nitrogen and oxygen atoms in total. The van der Waals surface area contributed by atoms with Crippen molar-refractivity contribution in [1.29, 1.82) is 0 Å². The fraction of sp³-hybridized carbons (Fsp3) is 0.690. The minimum atomic E-state index is -0.740. The molecule has 1 atom stereocenters. The lowest BCUT2D eigenvalue weighted by atomic mass is 9.85. The molecule has 3 heterocycles. The fourth-order valence-electron chi connectivity index (χ4n) is 5.45. The molecule has 2 saturated heterocycles. The Hall–Kier alpha value is -3.21. The van der Waals surface area contributed by atoms with E-state index in [2.05, 4.69) is 34.4 Å². The van der Waals surface area contributed by atoms with E-state index in [9.17, 15) is 19.2 Å². The number of imide groups is 1. The maximum Gasteiger partial charge on any atom is 0.410 e.